The topological polar surface area (TPSA) is 24.9 Å². The molecule has 0 saturated carbocycles. The minimum atomic E-state index is -0.261. The number of benzene rings is 1. The first kappa shape index (κ1) is 10.1. The summed E-state index contributed by atoms with van der Waals surface area (Å²) in [5.74, 6) is -0.261. The molecule has 2 nitrogen and oxygen atoms in total. The third-order valence-electron chi connectivity index (χ3n) is 1.82. The van der Waals surface area contributed by atoms with Gasteiger partial charge < -0.3 is 5.32 Å². The van der Waals surface area contributed by atoms with Crippen LogP contribution in [0.4, 0.5) is 15.8 Å². The highest BCUT2D eigenvalue weighted by Crippen LogP contribution is 2.19. The van der Waals surface area contributed by atoms with E-state index in [4.69, 9.17) is 0 Å². The fourth-order valence-electron chi connectivity index (χ4n) is 1.21. The van der Waals surface area contributed by atoms with Crippen molar-refractivity contribution in [3.05, 3.63) is 53.0 Å². The normalized spacial score (nSPS) is 10.0. The number of nitrogens with one attached hydrogen (secondary N) is 1. The van der Waals surface area contributed by atoms with Crippen LogP contribution in [-0.2, 0) is 0 Å². The van der Waals surface area contributed by atoms with Gasteiger partial charge >= 0.3 is 0 Å². The lowest BCUT2D eigenvalue weighted by Crippen LogP contribution is -1.91. The Morgan fingerprint density at radius 3 is 2.73 bits per heavy atom. The Hall–Kier alpha value is -1.42. The zero-order chi connectivity index (χ0) is 10.7. The van der Waals surface area contributed by atoms with Gasteiger partial charge in [-0.25, -0.2) is 4.39 Å². The van der Waals surface area contributed by atoms with E-state index in [-0.39, 0.29) is 5.82 Å². The molecule has 2 rings (SSSR count). The van der Waals surface area contributed by atoms with E-state index in [2.05, 4.69) is 26.2 Å². The van der Waals surface area contributed by atoms with E-state index in [1.54, 1.807) is 24.5 Å². The number of pyridine rings is 1. The first-order valence-electron chi connectivity index (χ1n) is 4.37. The average molecular weight is 267 g/mol. The predicted molar refractivity (Wildman–Crippen MR) is 61.6 cm³/mol. The Balaban J connectivity index is 2.22. The standard InChI is InChI=1S/C11H8BrFN2/c12-8-4-11(7-14-6-8)15-10-3-1-2-9(13)5-10/h1-7,15H. The lowest BCUT2D eigenvalue weighted by Gasteiger charge is -2.05. The molecule has 0 radical (unpaired) electrons. The second-order valence-corrected chi connectivity index (χ2v) is 3.94. The molecule has 0 fully saturated rings. The quantitative estimate of drug-likeness (QED) is 0.896. The largest absolute Gasteiger partial charge is 0.354 e. The Kier molecular flexibility index (Phi) is 2.97. The lowest BCUT2D eigenvalue weighted by molar-refractivity contribution is 0.628. The van der Waals surface area contributed by atoms with Crippen LogP contribution in [0.25, 0.3) is 0 Å². The van der Waals surface area contributed by atoms with Crippen molar-refractivity contribution < 1.29 is 4.39 Å². The molecule has 1 aromatic heterocycles. The highest BCUT2D eigenvalue weighted by atomic mass is 79.9. The van der Waals surface area contributed by atoms with Crippen molar-refractivity contribution in [2.75, 3.05) is 5.32 Å². The second-order valence-electron chi connectivity index (χ2n) is 3.03. The van der Waals surface area contributed by atoms with Gasteiger partial charge in [0.15, 0.2) is 0 Å². The average Bonchev–Trinajstić information content (AvgIpc) is 2.17. The third-order valence-corrected chi connectivity index (χ3v) is 2.25. The molecule has 0 atom stereocenters. The highest BCUT2D eigenvalue weighted by molar-refractivity contribution is 9.10. The van der Waals surface area contributed by atoms with Gasteiger partial charge in [-0.1, -0.05) is 6.07 Å². The molecule has 0 spiro atoms. The van der Waals surface area contributed by atoms with E-state index < -0.39 is 0 Å². The summed E-state index contributed by atoms with van der Waals surface area (Å²) >= 11 is 3.31. The molecule has 1 N–H and O–H groups in total. The van der Waals surface area contributed by atoms with E-state index in [1.807, 2.05) is 6.07 Å². The minimum absolute atomic E-state index is 0.261. The summed E-state index contributed by atoms with van der Waals surface area (Å²) in [6.45, 7) is 0. The fourth-order valence-corrected chi connectivity index (χ4v) is 1.58. The maximum absolute atomic E-state index is 12.9. The number of hydrogen-bond donors (Lipinski definition) is 1. The van der Waals surface area contributed by atoms with Crippen LogP contribution >= 0.6 is 15.9 Å². The van der Waals surface area contributed by atoms with Gasteiger partial charge in [-0.05, 0) is 40.2 Å². The zero-order valence-electron chi connectivity index (χ0n) is 7.74. The highest BCUT2D eigenvalue weighted by Gasteiger charge is 1.97. The van der Waals surface area contributed by atoms with Crippen molar-refractivity contribution in [1.82, 2.24) is 4.98 Å². The van der Waals surface area contributed by atoms with E-state index in [0.29, 0.717) is 5.69 Å². The molecule has 2 aromatic rings. The molecule has 0 aliphatic rings. The van der Waals surface area contributed by atoms with Gasteiger partial charge in [0.25, 0.3) is 0 Å². The van der Waals surface area contributed by atoms with Crippen molar-refractivity contribution in [1.29, 1.82) is 0 Å². The summed E-state index contributed by atoms with van der Waals surface area (Å²) in [5.41, 5.74) is 1.52. The second kappa shape index (κ2) is 4.40. The van der Waals surface area contributed by atoms with Gasteiger partial charge in [0, 0.05) is 16.4 Å². The molecule has 0 aliphatic carbocycles. The van der Waals surface area contributed by atoms with E-state index >= 15 is 0 Å². The molecule has 15 heavy (non-hydrogen) atoms. The molecule has 4 heteroatoms. The van der Waals surface area contributed by atoms with Gasteiger partial charge in [-0.2, -0.15) is 0 Å². The fraction of sp³-hybridized carbons (Fsp3) is 0. The number of nitrogens with zero attached hydrogens (tertiary/aromatic N) is 1. The molecule has 1 heterocycles. The molecular weight excluding hydrogens is 259 g/mol. The molecular formula is C11H8BrFN2. The SMILES string of the molecule is Fc1cccc(Nc2cncc(Br)c2)c1. The first-order chi connectivity index (χ1) is 7.24. The van der Waals surface area contributed by atoms with Gasteiger partial charge in [0.1, 0.15) is 5.82 Å². The Bertz CT molecular complexity index is 430. The van der Waals surface area contributed by atoms with Crippen LogP contribution in [-0.4, -0.2) is 4.98 Å². The summed E-state index contributed by atoms with van der Waals surface area (Å²) in [4.78, 5) is 4.00. The summed E-state index contributed by atoms with van der Waals surface area (Å²) in [5, 5.41) is 3.05. The van der Waals surface area contributed by atoms with Crippen LogP contribution in [0.1, 0.15) is 0 Å². The molecule has 0 unspecified atom stereocenters. The van der Waals surface area contributed by atoms with Crippen molar-refractivity contribution in [3.63, 3.8) is 0 Å². The summed E-state index contributed by atoms with van der Waals surface area (Å²) in [7, 11) is 0. The summed E-state index contributed by atoms with van der Waals surface area (Å²) < 4.78 is 13.8. The summed E-state index contributed by atoms with van der Waals surface area (Å²) in [6.07, 6.45) is 3.37. The van der Waals surface area contributed by atoms with Crippen LogP contribution in [0, 0.1) is 5.82 Å². The van der Waals surface area contributed by atoms with Gasteiger partial charge in [-0.15, -0.1) is 0 Å². The molecule has 1 aromatic carbocycles. The molecule has 76 valence electrons. The maximum Gasteiger partial charge on any atom is 0.125 e. The van der Waals surface area contributed by atoms with Gasteiger partial charge in [0.05, 0.1) is 11.9 Å². The molecule has 0 aliphatic heterocycles. The molecule has 0 saturated heterocycles. The third kappa shape index (κ3) is 2.76. The van der Waals surface area contributed by atoms with Crippen molar-refractivity contribution in [2.45, 2.75) is 0 Å². The zero-order valence-corrected chi connectivity index (χ0v) is 9.33. The van der Waals surface area contributed by atoms with E-state index in [1.165, 1.54) is 12.1 Å². The summed E-state index contributed by atoms with van der Waals surface area (Å²) in [6, 6.07) is 8.16. The number of anilines is 2. The Morgan fingerprint density at radius 2 is 2.00 bits per heavy atom. The van der Waals surface area contributed by atoms with Gasteiger partial charge in [0.2, 0.25) is 0 Å². The van der Waals surface area contributed by atoms with Crippen molar-refractivity contribution in [2.24, 2.45) is 0 Å². The van der Waals surface area contributed by atoms with Gasteiger partial charge in [-0.3, -0.25) is 4.98 Å². The van der Waals surface area contributed by atoms with Crippen LogP contribution in [0.15, 0.2) is 47.2 Å². The van der Waals surface area contributed by atoms with Crippen molar-refractivity contribution >= 4 is 27.3 Å². The van der Waals surface area contributed by atoms with Crippen LogP contribution in [0.5, 0.6) is 0 Å². The first-order valence-corrected chi connectivity index (χ1v) is 5.16. The molecule has 0 bridgehead atoms. The van der Waals surface area contributed by atoms with E-state index in [9.17, 15) is 4.39 Å². The van der Waals surface area contributed by atoms with E-state index in [0.717, 1.165) is 10.2 Å². The predicted octanol–water partition coefficient (Wildman–Crippen LogP) is 3.73. The Morgan fingerprint density at radius 1 is 1.13 bits per heavy atom. The Labute approximate surface area is 95.3 Å². The van der Waals surface area contributed by atoms with Crippen molar-refractivity contribution in [3.8, 4) is 0 Å². The van der Waals surface area contributed by atoms with Crippen LogP contribution < -0.4 is 5.32 Å². The number of aromatic nitrogens is 1. The molecule has 0 amide bonds. The van der Waals surface area contributed by atoms with Crippen LogP contribution in [0.2, 0.25) is 0 Å². The number of rotatable bonds is 2. The monoisotopic (exact) mass is 266 g/mol. The minimum Gasteiger partial charge on any atom is -0.354 e. The smallest absolute Gasteiger partial charge is 0.125 e. The maximum atomic E-state index is 12.9. The number of halogens is 2. The number of hydrogen-bond acceptors (Lipinski definition) is 2. The van der Waals surface area contributed by atoms with Crippen LogP contribution in [0.3, 0.4) is 0 Å². The lowest BCUT2D eigenvalue weighted by atomic mass is 10.3.